The van der Waals surface area contributed by atoms with Crippen LogP contribution in [0.4, 0.5) is 0 Å². The molecule has 0 unspecified atom stereocenters. The molecule has 17 heavy (non-hydrogen) atoms. The Morgan fingerprint density at radius 1 is 1.00 bits per heavy atom. The molecule has 0 bridgehead atoms. The van der Waals surface area contributed by atoms with Gasteiger partial charge in [0.1, 0.15) is 0 Å². The normalized spacial score (nSPS) is 17.4. The van der Waals surface area contributed by atoms with E-state index in [2.05, 4.69) is 47.7 Å². The fraction of sp³-hybridized carbons (Fsp3) is 0.333. The van der Waals surface area contributed by atoms with Crippen molar-refractivity contribution in [3.63, 3.8) is 0 Å². The van der Waals surface area contributed by atoms with Crippen LogP contribution in [0.15, 0.2) is 36.4 Å². The van der Waals surface area contributed by atoms with Gasteiger partial charge in [-0.15, -0.1) is 0 Å². The van der Waals surface area contributed by atoms with Gasteiger partial charge in [0.2, 0.25) is 0 Å². The first-order chi connectivity index (χ1) is 8.42. The van der Waals surface area contributed by atoms with Gasteiger partial charge in [-0.05, 0) is 44.5 Å². The minimum Gasteiger partial charge on any atom is -0.297 e. The van der Waals surface area contributed by atoms with E-state index >= 15 is 0 Å². The third kappa shape index (κ3) is 2.47. The second-order valence-electron chi connectivity index (χ2n) is 4.64. The molecule has 2 heteroatoms. The minimum absolute atomic E-state index is 0.985. The van der Waals surface area contributed by atoms with Gasteiger partial charge in [0.05, 0.1) is 11.2 Å². The lowest BCUT2D eigenvalue weighted by Gasteiger charge is -2.25. The van der Waals surface area contributed by atoms with Crippen LogP contribution in [0.25, 0.3) is 10.9 Å². The van der Waals surface area contributed by atoms with Crippen molar-refractivity contribution < 1.29 is 0 Å². The Morgan fingerprint density at radius 3 is 2.71 bits per heavy atom. The Labute approximate surface area is 102 Å². The Hall–Kier alpha value is -1.41. The van der Waals surface area contributed by atoms with Crippen LogP contribution in [0.3, 0.4) is 0 Å². The smallest absolute Gasteiger partial charge is 0.0705 e. The summed E-state index contributed by atoms with van der Waals surface area (Å²) in [4.78, 5) is 7.20. The zero-order valence-corrected chi connectivity index (χ0v) is 9.97. The van der Waals surface area contributed by atoms with Crippen molar-refractivity contribution in [1.29, 1.82) is 0 Å². The van der Waals surface area contributed by atoms with E-state index in [1.54, 1.807) is 0 Å². The van der Waals surface area contributed by atoms with Crippen LogP contribution in [-0.2, 0) is 6.54 Å². The van der Waals surface area contributed by atoms with Crippen molar-refractivity contribution in [2.75, 3.05) is 13.1 Å². The Kier molecular flexibility index (Phi) is 3.06. The average molecular weight is 225 g/mol. The highest BCUT2D eigenvalue weighted by Gasteiger charge is 2.11. The highest BCUT2D eigenvalue weighted by molar-refractivity contribution is 5.78. The summed E-state index contributed by atoms with van der Waals surface area (Å²) < 4.78 is 0. The molecular weight excluding hydrogens is 208 g/mol. The number of likely N-dealkylation sites (tertiary alicyclic amines) is 1. The maximum Gasteiger partial charge on any atom is 0.0705 e. The van der Waals surface area contributed by atoms with Gasteiger partial charge in [0.25, 0.3) is 0 Å². The third-order valence-corrected chi connectivity index (χ3v) is 3.34. The maximum absolute atomic E-state index is 4.72. The summed E-state index contributed by atoms with van der Waals surface area (Å²) in [6, 6.07) is 12.6. The minimum atomic E-state index is 0.985. The number of nitrogens with zero attached hydrogens (tertiary/aromatic N) is 2. The molecule has 0 amide bonds. The predicted octanol–water partition coefficient (Wildman–Crippen LogP) is 3.03. The van der Waals surface area contributed by atoms with Crippen molar-refractivity contribution in [2.24, 2.45) is 0 Å². The number of pyridine rings is 1. The lowest BCUT2D eigenvalue weighted by atomic mass is 10.1. The van der Waals surface area contributed by atoms with E-state index in [0.29, 0.717) is 0 Å². The fourth-order valence-corrected chi connectivity index (χ4v) is 2.39. The Bertz CT molecular complexity index is 501. The number of rotatable bonds is 2. The molecule has 1 aromatic heterocycles. The summed E-state index contributed by atoms with van der Waals surface area (Å²) in [7, 11) is 0. The van der Waals surface area contributed by atoms with Crippen LogP contribution in [0.2, 0.25) is 0 Å². The second-order valence-corrected chi connectivity index (χ2v) is 4.64. The van der Waals surface area contributed by atoms with E-state index in [-0.39, 0.29) is 0 Å². The van der Waals surface area contributed by atoms with Gasteiger partial charge >= 0.3 is 0 Å². The molecule has 0 spiro atoms. The number of piperidine rings is 1. The van der Waals surface area contributed by atoms with Crippen LogP contribution >= 0.6 is 0 Å². The number of para-hydroxylation sites is 1. The largest absolute Gasteiger partial charge is 0.297 e. The molecule has 2 nitrogen and oxygen atoms in total. The zero-order valence-electron chi connectivity index (χ0n) is 9.97. The molecule has 0 saturated carbocycles. The molecule has 87 valence electrons. The summed E-state index contributed by atoms with van der Waals surface area (Å²) >= 11 is 0. The molecule has 0 aliphatic carbocycles. The van der Waals surface area contributed by atoms with Gasteiger partial charge < -0.3 is 0 Å². The first-order valence-electron chi connectivity index (χ1n) is 6.30. The summed E-state index contributed by atoms with van der Waals surface area (Å²) in [5, 5.41) is 1.23. The fourth-order valence-electron chi connectivity index (χ4n) is 2.39. The quantitative estimate of drug-likeness (QED) is 0.781. The Morgan fingerprint density at radius 2 is 1.82 bits per heavy atom. The number of fused-ring (bicyclic) bond motifs is 1. The van der Waals surface area contributed by atoms with Gasteiger partial charge in [-0.3, -0.25) is 9.88 Å². The molecule has 2 heterocycles. The molecule has 0 N–H and O–H groups in total. The van der Waals surface area contributed by atoms with E-state index in [0.717, 1.165) is 12.1 Å². The van der Waals surface area contributed by atoms with Crippen LogP contribution in [-0.4, -0.2) is 23.0 Å². The van der Waals surface area contributed by atoms with E-state index in [1.807, 2.05) is 0 Å². The van der Waals surface area contributed by atoms with Crippen LogP contribution in [0.1, 0.15) is 18.5 Å². The molecule has 1 aliphatic rings. The monoisotopic (exact) mass is 225 g/mol. The average Bonchev–Trinajstić information content (AvgIpc) is 2.40. The summed E-state index contributed by atoms with van der Waals surface area (Å²) in [6.07, 6.45) is 4.81. The summed E-state index contributed by atoms with van der Waals surface area (Å²) in [5.74, 6) is 0. The van der Waals surface area contributed by atoms with Gasteiger partial charge in [0.15, 0.2) is 0 Å². The number of hydrogen-bond acceptors (Lipinski definition) is 2. The SMILES string of the molecule is [CH]1CCN(Cc2ccc3ccccc3n2)CC1. The lowest BCUT2D eigenvalue weighted by Crippen LogP contribution is -2.29. The van der Waals surface area contributed by atoms with Crippen LogP contribution in [0, 0.1) is 6.42 Å². The molecule has 1 saturated heterocycles. The molecule has 0 atom stereocenters. The molecule has 1 aliphatic heterocycles. The molecule has 3 rings (SSSR count). The topological polar surface area (TPSA) is 16.1 Å². The van der Waals surface area contributed by atoms with E-state index < -0.39 is 0 Å². The van der Waals surface area contributed by atoms with E-state index in [1.165, 1.54) is 37.0 Å². The summed E-state index contributed by atoms with van der Waals surface area (Å²) in [5.41, 5.74) is 2.29. The van der Waals surface area contributed by atoms with Crippen LogP contribution in [0.5, 0.6) is 0 Å². The van der Waals surface area contributed by atoms with Crippen molar-refractivity contribution in [2.45, 2.75) is 19.4 Å². The molecule has 2 aromatic rings. The first kappa shape index (κ1) is 10.7. The third-order valence-electron chi connectivity index (χ3n) is 3.34. The zero-order chi connectivity index (χ0) is 11.5. The van der Waals surface area contributed by atoms with Crippen molar-refractivity contribution in [1.82, 2.24) is 9.88 Å². The maximum atomic E-state index is 4.72. The number of benzene rings is 1. The number of hydrogen-bond donors (Lipinski definition) is 0. The van der Waals surface area contributed by atoms with Gasteiger partial charge in [0, 0.05) is 11.9 Å². The molecule has 1 fully saturated rings. The Balaban J connectivity index is 1.80. The highest BCUT2D eigenvalue weighted by atomic mass is 15.1. The van der Waals surface area contributed by atoms with Gasteiger partial charge in [-0.2, -0.15) is 0 Å². The van der Waals surface area contributed by atoms with E-state index in [4.69, 9.17) is 4.98 Å². The second kappa shape index (κ2) is 4.84. The number of aromatic nitrogens is 1. The lowest BCUT2D eigenvalue weighted by molar-refractivity contribution is 0.243. The standard InChI is InChI=1S/C15H17N2/c1-4-10-17(11-5-1)12-14-9-8-13-6-2-3-7-15(13)16-14/h1-3,6-9H,4-5,10-12H2. The van der Waals surface area contributed by atoms with Gasteiger partial charge in [-0.25, -0.2) is 0 Å². The highest BCUT2D eigenvalue weighted by Crippen LogP contribution is 2.15. The van der Waals surface area contributed by atoms with Crippen LogP contribution < -0.4 is 0 Å². The molecular formula is C15H17N2. The van der Waals surface area contributed by atoms with Crippen molar-refractivity contribution in [3.8, 4) is 0 Å². The first-order valence-corrected chi connectivity index (χ1v) is 6.30. The van der Waals surface area contributed by atoms with Crippen molar-refractivity contribution >= 4 is 10.9 Å². The molecule has 1 radical (unpaired) electrons. The van der Waals surface area contributed by atoms with E-state index in [9.17, 15) is 0 Å². The van der Waals surface area contributed by atoms with Crippen molar-refractivity contribution in [3.05, 3.63) is 48.5 Å². The predicted molar refractivity (Wildman–Crippen MR) is 70.6 cm³/mol. The molecule has 1 aromatic carbocycles. The summed E-state index contributed by atoms with van der Waals surface area (Å²) in [6.45, 7) is 3.34. The van der Waals surface area contributed by atoms with Gasteiger partial charge in [-0.1, -0.05) is 24.3 Å².